The molecule has 0 aromatic carbocycles. The van der Waals surface area contributed by atoms with Crippen LogP contribution in [0.4, 0.5) is 0 Å². The first kappa shape index (κ1) is 23.0. The quantitative estimate of drug-likeness (QED) is 0.242. The minimum absolute atomic E-state index is 0.307. The first-order valence-corrected chi connectivity index (χ1v) is 12.5. The van der Waals surface area contributed by atoms with Gasteiger partial charge in [-0.15, -0.1) is 0 Å². The molecule has 2 heteroatoms. The zero-order valence-corrected chi connectivity index (χ0v) is 17.9. The number of allylic oxidation sites excluding steroid dienone is 2. The lowest BCUT2D eigenvalue weighted by atomic mass is 10.2. The summed E-state index contributed by atoms with van der Waals surface area (Å²) in [6, 6.07) is 0. The highest BCUT2D eigenvalue weighted by atomic mass is 28.4. The first-order chi connectivity index (χ1) is 11.3. The Hall–Kier alpha value is -0.963. The molecular weight excluding hydrogens is 308 g/mol. The molecule has 1 nitrogen and oxygen atoms in total. The van der Waals surface area contributed by atoms with E-state index < -0.39 is 8.32 Å². The van der Waals surface area contributed by atoms with E-state index in [1.807, 2.05) is 6.08 Å². The summed E-state index contributed by atoms with van der Waals surface area (Å²) >= 11 is 0. The number of unbranched alkanes of at least 4 members (excludes halogenated alkanes) is 6. The Morgan fingerprint density at radius 3 is 2.38 bits per heavy atom. The monoisotopic (exact) mass is 346 g/mol. The molecule has 0 rings (SSSR count). The smallest absolute Gasteiger partial charge is 0.191 e. The highest BCUT2D eigenvalue weighted by molar-refractivity contribution is 6.74. The third kappa shape index (κ3) is 12.5. The predicted molar refractivity (Wildman–Crippen MR) is 110 cm³/mol. The second-order valence-electron chi connectivity index (χ2n) is 7.89. The fourth-order valence-corrected chi connectivity index (χ4v) is 2.96. The molecule has 0 aliphatic rings. The van der Waals surface area contributed by atoms with Gasteiger partial charge >= 0.3 is 0 Å². The SMILES string of the molecule is CCCCCC=CC#CC#CCCCCCO[Si](C)(C)C(C)(C)C. The highest BCUT2D eigenvalue weighted by Gasteiger charge is 2.36. The molecule has 0 atom stereocenters. The summed E-state index contributed by atoms with van der Waals surface area (Å²) in [5.74, 6) is 12.0. The van der Waals surface area contributed by atoms with Crippen molar-refractivity contribution in [2.24, 2.45) is 0 Å². The van der Waals surface area contributed by atoms with Crippen molar-refractivity contribution in [3.8, 4) is 23.7 Å². The molecule has 0 saturated carbocycles. The van der Waals surface area contributed by atoms with E-state index in [9.17, 15) is 0 Å². The summed E-state index contributed by atoms with van der Waals surface area (Å²) in [6.45, 7) is 14.6. The molecule has 0 radical (unpaired) electrons. The molecule has 0 unspecified atom stereocenters. The maximum absolute atomic E-state index is 6.17. The molecule has 0 fully saturated rings. The molecule has 24 heavy (non-hydrogen) atoms. The minimum Gasteiger partial charge on any atom is -0.417 e. The topological polar surface area (TPSA) is 9.23 Å². The zero-order valence-electron chi connectivity index (χ0n) is 16.9. The number of rotatable bonds is 10. The fourth-order valence-electron chi connectivity index (χ4n) is 1.87. The van der Waals surface area contributed by atoms with E-state index >= 15 is 0 Å². The maximum Gasteiger partial charge on any atom is 0.191 e. The Morgan fingerprint density at radius 1 is 0.958 bits per heavy atom. The van der Waals surface area contributed by atoms with Gasteiger partial charge in [-0.3, -0.25) is 0 Å². The summed E-state index contributed by atoms with van der Waals surface area (Å²) in [7, 11) is -1.56. The minimum atomic E-state index is -1.56. The molecule has 0 amide bonds. The van der Waals surface area contributed by atoms with Crippen LogP contribution < -0.4 is 0 Å². The average molecular weight is 347 g/mol. The van der Waals surface area contributed by atoms with E-state index in [1.165, 1.54) is 25.7 Å². The van der Waals surface area contributed by atoms with Crippen LogP contribution in [0.3, 0.4) is 0 Å². The molecule has 0 spiro atoms. The summed E-state index contributed by atoms with van der Waals surface area (Å²) < 4.78 is 6.17. The molecule has 0 heterocycles. The largest absolute Gasteiger partial charge is 0.417 e. The second-order valence-corrected chi connectivity index (χ2v) is 12.7. The van der Waals surface area contributed by atoms with Gasteiger partial charge in [0, 0.05) is 13.0 Å². The second kappa shape index (κ2) is 13.3. The van der Waals surface area contributed by atoms with Crippen molar-refractivity contribution >= 4 is 8.32 Å². The van der Waals surface area contributed by atoms with Gasteiger partial charge in [0.25, 0.3) is 0 Å². The van der Waals surface area contributed by atoms with E-state index in [1.54, 1.807) is 0 Å². The average Bonchev–Trinajstić information content (AvgIpc) is 2.50. The summed E-state index contributed by atoms with van der Waals surface area (Å²) in [5.41, 5.74) is 0. The van der Waals surface area contributed by atoms with E-state index in [0.29, 0.717) is 5.04 Å². The molecule has 0 aromatic rings. The van der Waals surface area contributed by atoms with Gasteiger partial charge in [0.2, 0.25) is 0 Å². The van der Waals surface area contributed by atoms with Crippen molar-refractivity contribution in [1.29, 1.82) is 0 Å². The van der Waals surface area contributed by atoms with Crippen LogP contribution in [0.5, 0.6) is 0 Å². The molecule has 0 aliphatic carbocycles. The Bertz CT molecular complexity index is 460. The van der Waals surface area contributed by atoms with Crippen molar-refractivity contribution in [1.82, 2.24) is 0 Å². The number of hydrogen-bond acceptors (Lipinski definition) is 1. The van der Waals surface area contributed by atoms with Gasteiger partial charge in [-0.25, -0.2) is 0 Å². The summed E-state index contributed by atoms with van der Waals surface area (Å²) in [6.07, 6.45) is 13.5. The number of hydrogen-bond donors (Lipinski definition) is 0. The molecule has 0 N–H and O–H groups in total. The van der Waals surface area contributed by atoms with Gasteiger partial charge < -0.3 is 4.43 Å². The van der Waals surface area contributed by atoms with E-state index in [0.717, 1.165) is 32.3 Å². The Balaban J connectivity index is 3.66. The van der Waals surface area contributed by atoms with Gasteiger partial charge in [-0.05, 0) is 61.7 Å². The normalized spacial score (nSPS) is 11.8. The standard InChI is InChI=1S/C22H38OSi/c1-7-8-9-10-11-12-13-14-15-16-17-18-19-20-21-23-24(5,6)22(2,3)4/h11-12H,7-10,17-21H2,1-6H3. The van der Waals surface area contributed by atoms with Crippen molar-refractivity contribution in [2.45, 2.75) is 97.2 Å². The maximum atomic E-state index is 6.17. The lowest BCUT2D eigenvalue weighted by Crippen LogP contribution is -2.40. The third-order valence-corrected chi connectivity index (χ3v) is 9.15. The van der Waals surface area contributed by atoms with Gasteiger partial charge in [0.05, 0.1) is 0 Å². The molecule has 0 aromatic heterocycles. The van der Waals surface area contributed by atoms with Crippen LogP contribution in [0, 0.1) is 23.7 Å². The summed E-state index contributed by atoms with van der Waals surface area (Å²) in [4.78, 5) is 0. The Kier molecular flexibility index (Phi) is 12.8. The van der Waals surface area contributed by atoms with Crippen molar-refractivity contribution in [2.75, 3.05) is 6.61 Å². The van der Waals surface area contributed by atoms with Crippen LogP contribution in [0.25, 0.3) is 0 Å². The van der Waals surface area contributed by atoms with Crippen LogP contribution in [-0.2, 0) is 4.43 Å². The molecule has 0 aliphatic heterocycles. The van der Waals surface area contributed by atoms with Crippen LogP contribution >= 0.6 is 0 Å². The lowest BCUT2D eigenvalue weighted by molar-refractivity contribution is 0.278. The van der Waals surface area contributed by atoms with Crippen LogP contribution in [0.1, 0.15) is 79.1 Å². The third-order valence-electron chi connectivity index (χ3n) is 4.61. The Morgan fingerprint density at radius 2 is 1.71 bits per heavy atom. The van der Waals surface area contributed by atoms with Crippen molar-refractivity contribution < 1.29 is 4.43 Å². The Labute approximate surface area is 152 Å². The molecule has 136 valence electrons. The fraction of sp³-hybridized carbons (Fsp3) is 0.727. The van der Waals surface area contributed by atoms with Crippen LogP contribution in [-0.4, -0.2) is 14.9 Å². The van der Waals surface area contributed by atoms with E-state index in [-0.39, 0.29) is 0 Å². The van der Waals surface area contributed by atoms with Crippen LogP contribution in [0.15, 0.2) is 12.2 Å². The van der Waals surface area contributed by atoms with E-state index in [4.69, 9.17) is 4.43 Å². The van der Waals surface area contributed by atoms with Crippen molar-refractivity contribution in [3.05, 3.63) is 12.2 Å². The van der Waals surface area contributed by atoms with Gasteiger partial charge in [0.1, 0.15) is 0 Å². The molecular formula is C22H38OSi. The lowest BCUT2D eigenvalue weighted by Gasteiger charge is -2.36. The van der Waals surface area contributed by atoms with Crippen molar-refractivity contribution in [3.63, 3.8) is 0 Å². The summed E-state index contributed by atoms with van der Waals surface area (Å²) in [5, 5.41) is 0.307. The molecule has 0 bridgehead atoms. The van der Waals surface area contributed by atoms with Crippen LogP contribution in [0.2, 0.25) is 18.1 Å². The zero-order chi connectivity index (χ0) is 18.3. The van der Waals surface area contributed by atoms with Gasteiger partial charge in [-0.2, -0.15) is 0 Å². The van der Waals surface area contributed by atoms with Gasteiger partial charge in [0.15, 0.2) is 8.32 Å². The highest BCUT2D eigenvalue weighted by Crippen LogP contribution is 2.36. The van der Waals surface area contributed by atoms with E-state index in [2.05, 4.69) is 70.5 Å². The predicted octanol–water partition coefficient (Wildman–Crippen LogP) is 6.71. The molecule has 0 saturated heterocycles. The van der Waals surface area contributed by atoms with Gasteiger partial charge in [-0.1, -0.05) is 64.9 Å². The first-order valence-electron chi connectivity index (χ1n) is 9.58.